The number of phenolic OH excluding ortho intramolecular Hbond substituents is 2. The van der Waals surface area contributed by atoms with Crippen LogP contribution in [0.4, 0.5) is 0 Å². The summed E-state index contributed by atoms with van der Waals surface area (Å²) < 4.78 is 9.86. The Labute approximate surface area is 124 Å². The highest BCUT2D eigenvalue weighted by molar-refractivity contribution is 5.90. The Balaban J connectivity index is 2.11. The zero-order valence-corrected chi connectivity index (χ0v) is 11.2. The lowest BCUT2D eigenvalue weighted by Gasteiger charge is -2.39. The fourth-order valence-electron chi connectivity index (χ4n) is 1.99. The van der Waals surface area contributed by atoms with Crippen LogP contribution < -0.4 is 0 Å². The number of ether oxygens (including phenoxy) is 2. The number of carbonyl (C=O) groups is 1. The summed E-state index contributed by atoms with van der Waals surface area (Å²) in [5.74, 6) is -1.97. The third-order valence-electron chi connectivity index (χ3n) is 3.28. The van der Waals surface area contributed by atoms with Crippen LogP contribution in [0.2, 0.25) is 0 Å². The minimum atomic E-state index is -1.72. The van der Waals surface area contributed by atoms with Crippen LogP contribution in [0.3, 0.4) is 0 Å². The van der Waals surface area contributed by atoms with Gasteiger partial charge in [-0.2, -0.15) is 0 Å². The first-order chi connectivity index (χ1) is 10.3. The summed E-state index contributed by atoms with van der Waals surface area (Å²) in [5, 5.41) is 56.4. The highest BCUT2D eigenvalue weighted by atomic mass is 16.7. The summed E-state index contributed by atoms with van der Waals surface area (Å²) in [6, 6.07) is 3.18. The highest BCUT2D eigenvalue weighted by Crippen LogP contribution is 2.27. The van der Waals surface area contributed by atoms with Crippen LogP contribution in [-0.4, -0.2) is 73.9 Å². The normalized spacial score (nSPS) is 31.7. The second-order valence-corrected chi connectivity index (χ2v) is 4.81. The average molecular weight is 316 g/mol. The van der Waals surface area contributed by atoms with Gasteiger partial charge in [-0.25, -0.2) is 4.79 Å². The van der Waals surface area contributed by atoms with Gasteiger partial charge in [0.15, 0.2) is 11.5 Å². The predicted molar refractivity (Wildman–Crippen MR) is 69.0 cm³/mol. The Morgan fingerprint density at radius 2 is 1.77 bits per heavy atom. The van der Waals surface area contributed by atoms with Gasteiger partial charge < -0.3 is 40.1 Å². The second kappa shape index (κ2) is 6.46. The SMILES string of the molecule is O=C(O[C@@H]1O[C@H](CO)[C@@H](O)[C@H](O)[C@H]1O)c1ccc(O)c(O)c1. The third kappa shape index (κ3) is 3.13. The number of aromatic hydroxyl groups is 2. The molecule has 2 rings (SSSR count). The number of benzene rings is 1. The lowest BCUT2D eigenvalue weighted by atomic mass is 9.99. The molecular weight excluding hydrogens is 300 g/mol. The first kappa shape index (κ1) is 16.5. The largest absolute Gasteiger partial charge is 0.504 e. The zero-order valence-electron chi connectivity index (χ0n) is 11.2. The minimum absolute atomic E-state index is 0.132. The van der Waals surface area contributed by atoms with Gasteiger partial charge in [-0.05, 0) is 18.2 Å². The minimum Gasteiger partial charge on any atom is -0.504 e. The van der Waals surface area contributed by atoms with E-state index >= 15 is 0 Å². The van der Waals surface area contributed by atoms with Crippen molar-refractivity contribution in [3.05, 3.63) is 23.8 Å². The smallest absolute Gasteiger partial charge is 0.340 e. The molecule has 1 aromatic carbocycles. The van der Waals surface area contributed by atoms with Crippen molar-refractivity contribution in [3.63, 3.8) is 0 Å². The van der Waals surface area contributed by atoms with E-state index in [4.69, 9.17) is 19.7 Å². The molecule has 5 atom stereocenters. The Kier molecular flexibility index (Phi) is 4.84. The van der Waals surface area contributed by atoms with Crippen molar-refractivity contribution in [2.24, 2.45) is 0 Å². The number of hydrogen-bond acceptors (Lipinski definition) is 9. The predicted octanol–water partition coefficient (Wildman–Crippen LogP) is -1.95. The quantitative estimate of drug-likeness (QED) is 0.275. The maximum Gasteiger partial charge on any atom is 0.340 e. The molecule has 9 nitrogen and oxygen atoms in total. The molecule has 0 amide bonds. The van der Waals surface area contributed by atoms with Gasteiger partial charge in [0.05, 0.1) is 12.2 Å². The summed E-state index contributed by atoms with van der Waals surface area (Å²) in [6.45, 7) is -0.654. The molecule has 1 fully saturated rings. The van der Waals surface area contributed by atoms with Crippen LogP contribution in [-0.2, 0) is 9.47 Å². The third-order valence-corrected chi connectivity index (χ3v) is 3.28. The van der Waals surface area contributed by atoms with Gasteiger partial charge in [0, 0.05) is 0 Å². The molecule has 0 radical (unpaired) electrons. The molecule has 6 N–H and O–H groups in total. The molecule has 0 aromatic heterocycles. The van der Waals surface area contributed by atoms with Crippen molar-refractivity contribution in [3.8, 4) is 11.5 Å². The lowest BCUT2D eigenvalue weighted by molar-refractivity contribution is -0.285. The van der Waals surface area contributed by atoms with E-state index < -0.39 is 54.8 Å². The van der Waals surface area contributed by atoms with Gasteiger partial charge in [0.25, 0.3) is 0 Å². The molecule has 9 heteroatoms. The average Bonchev–Trinajstić information content (AvgIpc) is 2.50. The van der Waals surface area contributed by atoms with Gasteiger partial charge in [-0.1, -0.05) is 0 Å². The number of aliphatic hydroxyl groups is 4. The van der Waals surface area contributed by atoms with Gasteiger partial charge in [0.1, 0.15) is 24.4 Å². The molecule has 0 bridgehead atoms. The molecule has 1 aliphatic rings. The molecular formula is C13H16O9. The number of hydrogen-bond donors (Lipinski definition) is 6. The van der Waals surface area contributed by atoms with Crippen LogP contribution in [0.15, 0.2) is 18.2 Å². The molecule has 1 aromatic rings. The van der Waals surface area contributed by atoms with E-state index in [1.54, 1.807) is 0 Å². The molecule has 122 valence electrons. The Morgan fingerprint density at radius 1 is 1.09 bits per heavy atom. The van der Waals surface area contributed by atoms with Crippen molar-refractivity contribution in [1.29, 1.82) is 0 Å². The highest BCUT2D eigenvalue weighted by Gasteiger charge is 2.45. The van der Waals surface area contributed by atoms with E-state index in [0.29, 0.717) is 0 Å². The standard InChI is InChI=1S/C13H16O9/c14-4-8-9(17)10(18)11(19)13(21-8)22-12(20)5-1-2-6(15)7(16)3-5/h1-3,8-11,13-19H,4H2/t8-,9-,10+,11-,13+/m1/s1. The van der Waals surface area contributed by atoms with E-state index in [-0.39, 0.29) is 5.56 Å². The fraction of sp³-hybridized carbons (Fsp3) is 0.462. The van der Waals surface area contributed by atoms with Crippen LogP contribution in [0, 0.1) is 0 Å². The monoisotopic (exact) mass is 316 g/mol. The number of rotatable bonds is 3. The van der Waals surface area contributed by atoms with Gasteiger partial charge >= 0.3 is 5.97 Å². The molecule has 0 saturated carbocycles. The summed E-state index contributed by atoms with van der Waals surface area (Å²) in [7, 11) is 0. The van der Waals surface area contributed by atoms with Crippen LogP contribution in [0.5, 0.6) is 11.5 Å². The van der Waals surface area contributed by atoms with E-state index in [1.165, 1.54) is 6.07 Å². The Hall–Kier alpha value is -1.91. The summed E-state index contributed by atoms with van der Waals surface area (Å²) in [6.07, 6.45) is -7.76. The second-order valence-electron chi connectivity index (χ2n) is 4.81. The number of aliphatic hydroxyl groups excluding tert-OH is 4. The maximum atomic E-state index is 11.9. The first-order valence-corrected chi connectivity index (χ1v) is 6.38. The van der Waals surface area contributed by atoms with Gasteiger partial charge in [-0.3, -0.25) is 0 Å². The summed E-state index contributed by atoms with van der Waals surface area (Å²) in [5.41, 5.74) is -0.132. The summed E-state index contributed by atoms with van der Waals surface area (Å²) >= 11 is 0. The zero-order chi connectivity index (χ0) is 16.4. The molecule has 1 heterocycles. The lowest BCUT2D eigenvalue weighted by Crippen LogP contribution is -2.59. The Morgan fingerprint density at radius 3 is 2.36 bits per heavy atom. The van der Waals surface area contributed by atoms with Crippen molar-refractivity contribution < 1.29 is 44.9 Å². The van der Waals surface area contributed by atoms with Gasteiger partial charge in [0.2, 0.25) is 6.29 Å². The fourth-order valence-corrected chi connectivity index (χ4v) is 1.99. The number of phenols is 2. The van der Waals surface area contributed by atoms with Crippen LogP contribution in [0.1, 0.15) is 10.4 Å². The molecule has 1 aliphatic heterocycles. The van der Waals surface area contributed by atoms with Crippen LogP contribution in [0.25, 0.3) is 0 Å². The molecule has 0 spiro atoms. The van der Waals surface area contributed by atoms with Gasteiger partial charge in [-0.15, -0.1) is 0 Å². The van der Waals surface area contributed by atoms with Crippen molar-refractivity contribution >= 4 is 5.97 Å². The van der Waals surface area contributed by atoms with E-state index in [0.717, 1.165) is 12.1 Å². The maximum absolute atomic E-state index is 11.9. The number of esters is 1. The van der Waals surface area contributed by atoms with E-state index in [1.807, 2.05) is 0 Å². The van der Waals surface area contributed by atoms with Crippen LogP contribution >= 0.6 is 0 Å². The van der Waals surface area contributed by atoms with Crippen molar-refractivity contribution in [2.45, 2.75) is 30.7 Å². The molecule has 1 saturated heterocycles. The molecule has 0 aliphatic carbocycles. The topological polar surface area (TPSA) is 157 Å². The van der Waals surface area contributed by atoms with Crippen molar-refractivity contribution in [2.75, 3.05) is 6.61 Å². The molecule has 22 heavy (non-hydrogen) atoms. The number of carbonyl (C=O) groups excluding carboxylic acids is 1. The molecule has 0 unspecified atom stereocenters. The Bertz CT molecular complexity index is 544. The van der Waals surface area contributed by atoms with E-state index in [9.17, 15) is 25.2 Å². The summed E-state index contributed by atoms with van der Waals surface area (Å²) in [4.78, 5) is 11.9. The van der Waals surface area contributed by atoms with E-state index in [2.05, 4.69) is 0 Å². The first-order valence-electron chi connectivity index (χ1n) is 6.38. The van der Waals surface area contributed by atoms with Crippen molar-refractivity contribution in [1.82, 2.24) is 0 Å².